The Labute approximate surface area is 119 Å². The maximum absolute atomic E-state index is 11.0. The zero-order valence-electron chi connectivity index (χ0n) is 8.39. The summed E-state index contributed by atoms with van der Waals surface area (Å²) in [6.07, 6.45) is -1.72. The SMILES string of the molecule is O.O=C([O-])CC1(O)CC(=O)[O][Al][O]C1=O.[Na+]. The van der Waals surface area contributed by atoms with Gasteiger partial charge in [0, 0.05) is 12.4 Å². The van der Waals surface area contributed by atoms with Crippen LogP contribution < -0.4 is 34.7 Å². The molecule has 0 amide bonds. The number of carboxylic acids is 1. The Morgan fingerprint density at radius 2 is 2.06 bits per heavy atom. The van der Waals surface area contributed by atoms with E-state index in [-0.39, 0.29) is 35.0 Å². The van der Waals surface area contributed by atoms with Crippen LogP contribution in [0.15, 0.2) is 0 Å². The summed E-state index contributed by atoms with van der Waals surface area (Å²) in [5.74, 6) is -3.67. The molecule has 0 aromatic rings. The Bertz CT molecular complexity index is 294. The molecule has 1 unspecified atom stereocenters. The van der Waals surface area contributed by atoms with Crippen LogP contribution in [0.2, 0.25) is 0 Å². The van der Waals surface area contributed by atoms with Crippen molar-refractivity contribution in [1.29, 1.82) is 0 Å². The summed E-state index contributed by atoms with van der Waals surface area (Å²) < 4.78 is 8.73. The van der Waals surface area contributed by atoms with Crippen molar-refractivity contribution >= 4 is 33.8 Å². The summed E-state index contributed by atoms with van der Waals surface area (Å²) in [6.45, 7) is 0. The van der Waals surface area contributed by atoms with E-state index >= 15 is 0 Å². The van der Waals surface area contributed by atoms with Gasteiger partial charge in [0.05, 0.1) is 6.42 Å². The Morgan fingerprint density at radius 3 is 2.56 bits per heavy atom. The molecule has 0 spiro atoms. The number of hydrogen-bond acceptors (Lipinski definition) is 7. The van der Waals surface area contributed by atoms with E-state index in [1.54, 1.807) is 0 Å². The summed E-state index contributed by atoms with van der Waals surface area (Å²) in [4.78, 5) is 32.1. The van der Waals surface area contributed by atoms with Crippen molar-refractivity contribution in [2.75, 3.05) is 0 Å². The van der Waals surface area contributed by atoms with Gasteiger partial charge in [-0.3, -0.25) is 9.59 Å². The second-order valence-electron chi connectivity index (χ2n) is 2.75. The Balaban J connectivity index is 0. The molecule has 1 aliphatic heterocycles. The van der Waals surface area contributed by atoms with Crippen molar-refractivity contribution in [3.8, 4) is 0 Å². The molecule has 0 aromatic carbocycles. The van der Waals surface area contributed by atoms with E-state index in [1.807, 2.05) is 0 Å². The van der Waals surface area contributed by atoms with E-state index in [0.717, 1.165) is 0 Å². The van der Waals surface area contributed by atoms with E-state index in [1.165, 1.54) is 0 Å². The summed E-state index contributed by atoms with van der Waals surface area (Å²) in [5.41, 5.74) is -2.36. The van der Waals surface area contributed by atoms with Crippen molar-refractivity contribution in [3.05, 3.63) is 0 Å². The third-order valence-corrected chi connectivity index (χ3v) is 2.26. The normalized spacial score (nSPS) is 23.6. The molecule has 0 saturated carbocycles. The smallest absolute Gasteiger partial charge is 0.589 e. The van der Waals surface area contributed by atoms with Crippen molar-refractivity contribution in [1.82, 2.24) is 0 Å². The molecular weight excluding hydrogens is 250 g/mol. The van der Waals surface area contributed by atoms with Crippen LogP contribution >= 0.6 is 0 Å². The van der Waals surface area contributed by atoms with Gasteiger partial charge in [-0.15, -0.1) is 0 Å². The van der Waals surface area contributed by atoms with E-state index in [2.05, 4.69) is 7.58 Å². The van der Waals surface area contributed by atoms with Crippen molar-refractivity contribution in [3.63, 3.8) is 0 Å². The fourth-order valence-corrected chi connectivity index (χ4v) is 1.50. The van der Waals surface area contributed by atoms with Crippen LogP contribution in [0.1, 0.15) is 12.8 Å². The molecule has 0 aliphatic carbocycles. The molecule has 0 aromatic heterocycles. The molecule has 1 aliphatic rings. The van der Waals surface area contributed by atoms with Crippen molar-refractivity contribution in [2.45, 2.75) is 18.4 Å². The van der Waals surface area contributed by atoms with Crippen LogP contribution in [0.25, 0.3) is 0 Å². The van der Waals surface area contributed by atoms with E-state index < -0.39 is 52.2 Å². The maximum atomic E-state index is 11.0. The van der Waals surface area contributed by atoms with Gasteiger partial charge in [0.15, 0.2) is 5.60 Å². The van der Waals surface area contributed by atoms with Gasteiger partial charge in [0.25, 0.3) is 5.97 Å². The summed E-state index contributed by atoms with van der Waals surface area (Å²) in [7, 11) is 0. The zero-order valence-corrected chi connectivity index (χ0v) is 11.5. The third-order valence-electron chi connectivity index (χ3n) is 1.59. The standard InChI is InChI=1S/C6H8O7.Al.Na.H2O/c7-3(8)1-6(13,5(11)12)2-4(9)10;;;/h13H,1-2H2,(H,7,8)(H,9,10)(H,11,12);;;1H2/q;+2;+1;/p-3. The number of hydrogen-bond donors (Lipinski definition) is 1. The van der Waals surface area contributed by atoms with Gasteiger partial charge >= 0.3 is 51.4 Å². The molecule has 1 saturated heterocycles. The molecule has 83 valence electrons. The average molecular weight is 257 g/mol. The molecule has 1 fully saturated rings. The van der Waals surface area contributed by atoms with Gasteiger partial charge in [0.2, 0.25) is 0 Å². The van der Waals surface area contributed by atoms with Crippen LogP contribution in [0.3, 0.4) is 0 Å². The monoisotopic (exact) mass is 257 g/mol. The fourth-order valence-electron chi connectivity index (χ4n) is 0.957. The van der Waals surface area contributed by atoms with Crippen LogP contribution in [-0.2, 0) is 22.0 Å². The Morgan fingerprint density at radius 1 is 1.50 bits per heavy atom. The first-order valence-corrected chi connectivity index (χ1v) is 4.53. The van der Waals surface area contributed by atoms with Crippen LogP contribution in [0.5, 0.6) is 0 Å². The number of rotatable bonds is 2. The first kappa shape index (κ1) is 18.2. The zero-order chi connectivity index (χ0) is 10.8. The molecule has 1 heterocycles. The Kier molecular flexibility index (Phi) is 8.25. The van der Waals surface area contributed by atoms with Crippen LogP contribution in [0, 0.1) is 0 Å². The molecule has 3 N–H and O–H groups in total. The van der Waals surface area contributed by atoms with Gasteiger partial charge in [-0.25, -0.2) is 0 Å². The predicted octanol–water partition coefficient (Wildman–Crippen LogP) is -6.94. The van der Waals surface area contributed by atoms with E-state index in [4.69, 9.17) is 0 Å². The maximum Gasteiger partial charge on any atom is 1.00 e. The van der Waals surface area contributed by atoms with Gasteiger partial charge < -0.3 is 28.1 Å². The fraction of sp³-hybridized carbons (Fsp3) is 0.500. The number of carboxylic acid groups (broad SMARTS) is 1. The predicted molar refractivity (Wildman–Crippen MR) is 40.7 cm³/mol. The van der Waals surface area contributed by atoms with Crippen LogP contribution in [0.4, 0.5) is 0 Å². The first-order valence-electron chi connectivity index (χ1n) is 3.58. The number of aliphatic carboxylic acids is 1. The third kappa shape index (κ3) is 4.80. The minimum absolute atomic E-state index is 0. The summed E-state index contributed by atoms with van der Waals surface area (Å²) in [5, 5.41) is 19.7. The summed E-state index contributed by atoms with van der Waals surface area (Å²) in [6, 6.07) is 0. The second kappa shape index (κ2) is 7.24. The molecular formula is C6H7AlNaO8. The molecule has 1 radical (unpaired) electrons. The largest absolute Gasteiger partial charge is 1.00 e. The van der Waals surface area contributed by atoms with Gasteiger partial charge in [0.1, 0.15) is 0 Å². The second-order valence-corrected chi connectivity index (χ2v) is 3.41. The molecule has 16 heavy (non-hydrogen) atoms. The first-order chi connectivity index (χ1) is 6.44. The topological polar surface area (TPSA) is 144 Å². The minimum Gasteiger partial charge on any atom is -0.589 e. The van der Waals surface area contributed by atoms with Gasteiger partial charge in [-0.1, -0.05) is 0 Å². The Hall–Kier alpha value is -0.138. The van der Waals surface area contributed by atoms with E-state index in [0.29, 0.717) is 0 Å². The average Bonchev–Trinajstić information content (AvgIpc) is 2.11. The molecule has 8 nitrogen and oxygen atoms in total. The molecule has 0 bridgehead atoms. The number of aliphatic hydroxyl groups is 1. The van der Waals surface area contributed by atoms with Gasteiger partial charge in [-0.2, -0.15) is 0 Å². The molecule has 1 rings (SSSR count). The molecule has 10 heteroatoms. The van der Waals surface area contributed by atoms with Crippen molar-refractivity contribution < 1.29 is 67.2 Å². The van der Waals surface area contributed by atoms with E-state index in [9.17, 15) is 24.6 Å². The number of carbonyl (C=O) groups excluding carboxylic acids is 3. The molecule has 1 atom stereocenters. The van der Waals surface area contributed by atoms with Crippen molar-refractivity contribution in [2.24, 2.45) is 0 Å². The number of carbonyl (C=O) groups is 3. The minimum atomic E-state index is -2.36. The van der Waals surface area contributed by atoms with Crippen LogP contribution in [-0.4, -0.2) is 50.0 Å². The quantitative estimate of drug-likeness (QED) is 0.484. The summed E-state index contributed by atoms with van der Waals surface area (Å²) >= 11 is -1.32. The van der Waals surface area contributed by atoms with Gasteiger partial charge in [-0.05, 0) is 0 Å².